The molecule has 1 aromatic carbocycles. The molecule has 2 amide bonds. The number of nitrogens with zero attached hydrogens (tertiary/aromatic N) is 2. The summed E-state index contributed by atoms with van der Waals surface area (Å²) in [5.74, 6) is 0.237. The second-order valence-corrected chi connectivity index (χ2v) is 5.59. The smallest absolute Gasteiger partial charge is 0.261 e. The van der Waals surface area contributed by atoms with Crippen molar-refractivity contribution in [2.75, 3.05) is 20.1 Å². The Balaban J connectivity index is 0.00000208. The van der Waals surface area contributed by atoms with Crippen molar-refractivity contribution in [2.24, 2.45) is 4.99 Å². The fourth-order valence-electron chi connectivity index (χ4n) is 2.85. The van der Waals surface area contributed by atoms with Gasteiger partial charge in [-0.25, -0.2) is 0 Å². The summed E-state index contributed by atoms with van der Waals surface area (Å²) >= 11 is 0. The molecule has 0 aromatic heterocycles. The lowest BCUT2D eigenvalue weighted by Gasteiger charge is -2.19. The predicted molar refractivity (Wildman–Crippen MR) is 104 cm³/mol. The summed E-state index contributed by atoms with van der Waals surface area (Å²) < 4.78 is 0. The minimum Gasteiger partial charge on any atom is -0.355 e. The molecular formula is C17H21IN4O2. The highest BCUT2D eigenvalue weighted by molar-refractivity contribution is 14.0. The normalized spacial score (nSPS) is 17.0. The largest absolute Gasteiger partial charge is 0.355 e. The zero-order valence-electron chi connectivity index (χ0n) is 13.5. The molecule has 1 aromatic rings. The van der Waals surface area contributed by atoms with Gasteiger partial charge >= 0.3 is 0 Å². The molecule has 7 heteroatoms. The van der Waals surface area contributed by atoms with Gasteiger partial charge in [-0.15, -0.1) is 24.0 Å². The number of hydrogen-bond acceptors (Lipinski definition) is 3. The zero-order chi connectivity index (χ0) is 16.2. The number of carbonyl (C=O) groups excluding carboxylic acids is 2. The third-order valence-electron chi connectivity index (χ3n) is 4.08. The highest BCUT2D eigenvalue weighted by Crippen LogP contribution is 2.21. The maximum Gasteiger partial charge on any atom is 0.261 e. The van der Waals surface area contributed by atoms with E-state index in [2.05, 4.69) is 27.8 Å². The van der Waals surface area contributed by atoms with Crippen LogP contribution in [0.5, 0.6) is 0 Å². The van der Waals surface area contributed by atoms with Crippen LogP contribution < -0.4 is 10.6 Å². The summed E-state index contributed by atoms with van der Waals surface area (Å²) in [4.78, 5) is 30.0. The Morgan fingerprint density at radius 1 is 1.17 bits per heavy atom. The Labute approximate surface area is 158 Å². The SMILES string of the molecule is CN=C(NCCN1C(=O)c2ccccc2C1=O)NC1CC=CC1.I. The van der Waals surface area contributed by atoms with Crippen LogP contribution in [0.15, 0.2) is 41.4 Å². The van der Waals surface area contributed by atoms with E-state index in [4.69, 9.17) is 0 Å². The number of imide groups is 1. The van der Waals surface area contributed by atoms with Crippen molar-refractivity contribution in [1.82, 2.24) is 15.5 Å². The molecule has 0 saturated carbocycles. The lowest BCUT2D eigenvalue weighted by Crippen LogP contribution is -2.45. The van der Waals surface area contributed by atoms with Crippen LogP contribution in [0.3, 0.4) is 0 Å². The van der Waals surface area contributed by atoms with Crippen molar-refractivity contribution in [2.45, 2.75) is 18.9 Å². The van der Waals surface area contributed by atoms with E-state index in [1.807, 2.05) is 0 Å². The van der Waals surface area contributed by atoms with Gasteiger partial charge in [0.1, 0.15) is 0 Å². The summed E-state index contributed by atoms with van der Waals surface area (Å²) in [5.41, 5.74) is 0.967. The van der Waals surface area contributed by atoms with Crippen molar-refractivity contribution in [3.8, 4) is 0 Å². The summed E-state index contributed by atoms with van der Waals surface area (Å²) in [6, 6.07) is 7.29. The molecule has 0 fully saturated rings. The molecule has 0 bridgehead atoms. The lowest BCUT2D eigenvalue weighted by atomic mass is 10.1. The topological polar surface area (TPSA) is 73.8 Å². The quantitative estimate of drug-likeness (QED) is 0.246. The number of nitrogens with one attached hydrogen (secondary N) is 2. The number of halogens is 1. The van der Waals surface area contributed by atoms with E-state index in [-0.39, 0.29) is 35.8 Å². The fraction of sp³-hybridized carbons (Fsp3) is 0.353. The third-order valence-corrected chi connectivity index (χ3v) is 4.08. The van der Waals surface area contributed by atoms with E-state index < -0.39 is 0 Å². The number of hydrogen-bond donors (Lipinski definition) is 2. The first kappa shape index (κ1) is 18.4. The molecule has 128 valence electrons. The number of carbonyl (C=O) groups is 2. The Hall–Kier alpha value is -1.90. The van der Waals surface area contributed by atoms with Crippen LogP contribution in [0.2, 0.25) is 0 Å². The second-order valence-electron chi connectivity index (χ2n) is 5.59. The molecule has 2 N–H and O–H groups in total. The lowest BCUT2D eigenvalue weighted by molar-refractivity contribution is 0.0657. The van der Waals surface area contributed by atoms with E-state index in [9.17, 15) is 9.59 Å². The number of aliphatic imine (C=N–C) groups is 1. The van der Waals surface area contributed by atoms with Crippen molar-refractivity contribution >= 4 is 41.8 Å². The first-order valence-corrected chi connectivity index (χ1v) is 7.78. The first-order chi connectivity index (χ1) is 11.2. The first-order valence-electron chi connectivity index (χ1n) is 7.78. The molecule has 1 aliphatic heterocycles. The van der Waals surface area contributed by atoms with Crippen LogP contribution >= 0.6 is 24.0 Å². The van der Waals surface area contributed by atoms with Crippen LogP contribution in [-0.4, -0.2) is 48.9 Å². The van der Waals surface area contributed by atoms with Crippen LogP contribution in [-0.2, 0) is 0 Å². The Bertz CT molecular complexity index is 644. The average Bonchev–Trinajstić information content (AvgIpc) is 3.16. The molecule has 3 rings (SSSR count). The fourth-order valence-corrected chi connectivity index (χ4v) is 2.85. The summed E-state index contributed by atoms with van der Waals surface area (Å²) in [5, 5.41) is 6.47. The minimum atomic E-state index is -0.227. The highest BCUT2D eigenvalue weighted by atomic mass is 127. The zero-order valence-corrected chi connectivity index (χ0v) is 15.8. The molecule has 0 radical (unpaired) electrons. The average molecular weight is 440 g/mol. The molecule has 0 atom stereocenters. The minimum absolute atomic E-state index is 0. The second kappa shape index (κ2) is 8.27. The molecule has 1 heterocycles. The van der Waals surface area contributed by atoms with Gasteiger partial charge in [-0.3, -0.25) is 19.5 Å². The van der Waals surface area contributed by atoms with Gasteiger partial charge in [-0.1, -0.05) is 24.3 Å². The monoisotopic (exact) mass is 440 g/mol. The standard InChI is InChI=1S/C17H20N4O2.HI/c1-18-17(20-12-6-2-3-7-12)19-10-11-21-15(22)13-8-4-5-9-14(13)16(21)23;/h2-5,8-9,12H,6-7,10-11H2,1H3,(H2,18,19,20);1H. The highest BCUT2D eigenvalue weighted by Gasteiger charge is 2.34. The Kier molecular flexibility index (Phi) is 6.36. The third kappa shape index (κ3) is 3.77. The van der Waals surface area contributed by atoms with Gasteiger partial charge < -0.3 is 10.6 Å². The van der Waals surface area contributed by atoms with Crippen LogP contribution in [0.1, 0.15) is 33.6 Å². The Morgan fingerprint density at radius 2 is 1.75 bits per heavy atom. The molecule has 0 spiro atoms. The van der Waals surface area contributed by atoms with E-state index >= 15 is 0 Å². The van der Waals surface area contributed by atoms with E-state index in [1.54, 1.807) is 31.3 Å². The van der Waals surface area contributed by atoms with Crippen LogP contribution in [0, 0.1) is 0 Å². The molecule has 1 aliphatic carbocycles. The van der Waals surface area contributed by atoms with Crippen molar-refractivity contribution in [1.29, 1.82) is 0 Å². The number of rotatable bonds is 4. The van der Waals surface area contributed by atoms with Gasteiger partial charge in [0.15, 0.2) is 5.96 Å². The molecular weight excluding hydrogens is 419 g/mol. The maximum atomic E-state index is 12.3. The van der Waals surface area contributed by atoms with E-state index in [0.717, 1.165) is 12.8 Å². The van der Waals surface area contributed by atoms with Gasteiger partial charge in [0.05, 0.1) is 11.1 Å². The maximum absolute atomic E-state index is 12.3. The van der Waals surface area contributed by atoms with Crippen molar-refractivity contribution < 1.29 is 9.59 Å². The van der Waals surface area contributed by atoms with Crippen LogP contribution in [0.4, 0.5) is 0 Å². The van der Waals surface area contributed by atoms with Gasteiger partial charge in [0.25, 0.3) is 11.8 Å². The molecule has 0 unspecified atom stereocenters. The van der Waals surface area contributed by atoms with Gasteiger partial charge in [0.2, 0.25) is 0 Å². The molecule has 24 heavy (non-hydrogen) atoms. The number of guanidine groups is 1. The number of amides is 2. The summed E-state index contributed by atoms with van der Waals surface area (Å²) in [7, 11) is 1.71. The van der Waals surface area contributed by atoms with Gasteiger partial charge in [0, 0.05) is 26.2 Å². The summed E-state index contributed by atoms with van der Waals surface area (Å²) in [6.07, 6.45) is 6.26. The van der Waals surface area contributed by atoms with E-state index in [1.165, 1.54) is 4.90 Å². The van der Waals surface area contributed by atoms with Crippen molar-refractivity contribution in [3.05, 3.63) is 47.5 Å². The van der Waals surface area contributed by atoms with Gasteiger partial charge in [-0.05, 0) is 25.0 Å². The van der Waals surface area contributed by atoms with Crippen molar-refractivity contribution in [3.63, 3.8) is 0 Å². The summed E-state index contributed by atoms with van der Waals surface area (Å²) in [6.45, 7) is 0.779. The number of benzene rings is 1. The predicted octanol–water partition coefficient (Wildman–Crippen LogP) is 1.78. The Morgan fingerprint density at radius 3 is 2.29 bits per heavy atom. The molecule has 0 saturated heterocycles. The van der Waals surface area contributed by atoms with E-state index in [0.29, 0.717) is 36.2 Å². The molecule has 2 aliphatic rings. The van der Waals surface area contributed by atoms with Gasteiger partial charge in [-0.2, -0.15) is 0 Å². The van der Waals surface area contributed by atoms with Crippen LogP contribution in [0.25, 0.3) is 0 Å². The molecule has 6 nitrogen and oxygen atoms in total. The number of fused-ring (bicyclic) bond motifs is 1.